The summed E-state index contributed by atoms with van der Waals surface area (Å²) in [6, 6.07) is 13.3. The van der Waals surface area contributed by atoms with Crippen molar-refractivity contribution in [1.29, 1.82) is 0 Å². The van der Waals surface area contributed by atoms with Crippen molar-refractivity contribution in [2.45, 2.75) is 24.7 Å². The lowest BCUT2D eigenvalue weighted by atomic mass is 9.54. The Morgan fingerprint density at radius 1 is 0.897 bits per heavy atom. The quantitative estimate of drug-likeness (QED) is 0.658. The molecule has 0 bridgehead atoms. The Morgan fingerprint density at radius 2 is 1.52 bits per heavy atom. The molecule has 0 radical (unpaired) electrons. The van der Waals surface area contributed by atoms with Gasteiger partial charge in [0.15, 0.2) is 11.6 Å². The SMILES string of the molecule is O=C1C[C@H](c2cnc[nH]2)C2(C(=O)c3ccccc3C2=O)[C@H](c2ccc(O)cc2)C1. The van der Waals surface area contributed by atoms with Crippen LogP contribution in [0.25, 0.3) is 0 Å². The number of nitrogens with zero attached hydrogens (tertiary/aromatic N) is 1. The third kappa shape index (κ3) is 2.35. The summed E-state index contributed by atoms with van der Waals surface area (Å²) in [5.41, 5.74) is 0.688. The number of phenols is 1. The zero-order chi connectivity index (χ0) is 20.2. The first-order chi connectivity index (χ1) is 14.0. The Labute approximate surface area is 166 Å². The topological polar surface area (TPSA) is 100 Å². The molecule has 2 aliphatic carbocycles. The van der Waals surface area contributed by atoms with Gasteiger partial charge in [0, 0.05) is 47.7 Å². The summed E-state index contributed by atoms with van der Waals surface area (Å²) in [7, 11) is 0. The molecule has 6 nitrogen and oxygen atoms in total. The number of fused-ring (bicyclic) bond motifs is 1. The van der Waals surface area contributed by atoms with E-state index in [9.17, 15) is 19.5 Å². The standard InChI is InChI=1S/C23H18N2O4/c26-14-7-5-13(6-8-14)18-9-15(27)10-19(20-11-24-12-25-20)23(18)21(28)16-3-1-2-4-17(16)22(23)29/h1-8,11-12,18-19,26H,9-10H2,(H,24,25)/t18-,19+/m0/s1. The minimum atomic E-state index is -1.42. The van der Waals surface area contributed by atoms with Gasteiger partial charge in [-0.3, -0.25) is 14.4 Å². The lowest BCUT2D eigenvalue weighted by Crippen LogP contribution is -2.49. The number of aromatic nitrogens is 2. The third-order valence-corrected chi connectivity index (χ3v) is 6.32. The number of aromatic amines is 1. The van der Waals surface area contributed by atoms with Crippen LogP contribution >= 0.6 is 0 Å². The highest BCUT2D eigenvalue weighted by molar-refractivity contribution is 6.31. The molecule has 2 N–H and O–H groups in total. The number of hydrogen-bond donors (Lipinski definition) is 2. The van der Waals surface area contributed by atoms with E-state index in [-0.39, 0.29) is 35.9 Å². The minimum Gasteiger partial charge on any atom is -0.508 e. The molecule has 2 atom stereocenters. The van der Waals surface area contributed by atoms with Crippen molar-refractivity contribution in [2.75, 3.05) is 0 Å². The molecule has 1 spiro atoms. The predicted molar refractivity (Wildman–Crippen MR) is 104 cm³/mol. The molecule has 1 heterocycles. The van der Waals surface area contributed by atoms with Gasteiger partial charge in [-0.05, 0) is 17.7 Å². The number of imidazole rings is 1. The molecule has 2 aliphatic rings. The van der Waals surface area contributed by atoms with Crippen LogP contribution in [0.1, 0.15) is 56.7 Å². The van der Waals surface area contributed by atoms with Crippen molar-refractivity contribution in [2.24, 2.45) is 5.41 Å². The molecule has 0 unspecified atom stereocenters. The van der Waals surface area contributed by atoms with Crippen LogP contribution in [-0.4, -0.2) is 32.4 Å². The van der Waals surface area contributed by atoms with E-state index in [4.69, 9.17) is 0 Å². The first-order valence-electron chi connectivity index (χ1n) is 9.51. The lowest BCUT2D eigenvalue weighted by molar-refractivity contribution is -0.122. The molecule has 2 aromatic carbocycles. The van der Waals surface area contributed by atoms with Gasteiger partial charge in [-0.1, -0.05) is 36.4 Å². The van der Waals surface area contributed by atoms with E-state index in [0.717, 1.165) is 0 Å². The first-order valence-corrected chi connectivity index (χ1v) is 9.51. The number of hydrogen-bond acceptors (Lipinski definition) is 5. The van der Waals surface area contributed by atoms with Crippen LogP contribution in [-0.2, 0) is 4.79 Å². The highest BCUT2D eigenvalue weighted by atomic mass is 16.3. The lowest BCUT2D eigenvalue weighted by Gasteiger charge is -2.44. The van der Waals surface area contributed by atoms with Gasteiger partial charge in [-0.25, -0.2) is 4.98 Å². The summed E-state index contributed by atoms with van der Waals surface area (Å²) in [5.74, 6) is -1.67. The second kappa shape index (κ2) is 6.24. The summed E-state index contributed by atoms with van der Waals surface area (Å²) in [5, 5.41) is 9.70. The largest absolute Gasteiger partial charge is 0.508 e. The first kappa shape index (κ1) is 17.6. The Bertz CT molecular complexity index is 1100. The molecule has 1 saturated carbocycles. The predicted octanol–water partition coefficient (Wildman–Crippen LogP) is 3.41. The van der Waals surface area contributed by atoms with Crippen molar-refractivity contribution >= 4 is 17.3 Å². The van der Waals surface area contributed by atoms with Crippen LogP contribution in [0.15, 0.2) is 61.1 Å². The van der Waals surface area contributed by atoms with E-state index in [1.165, 1.54) is 18.5 Å². The van der Waals surface area contributed by atoms with Crippen molar-refractivity contribution in [3.63, 3.8) is 0 Å². The summed E-state index contributed by atoms with van der Waals surface area (Å²) < 4.78 is 0. The van der Waals surface area contributed by atoms with E-state index in [2.05, 4.69) is 9.97 Å². The number of H-pyrrole nitrogens is 1. The minimum absolute atomic E-state index is 0.00939. The van der Waals surface area contributed by atoms with E-state index >= 15 is 0 Å². The highest BCUT2D eigenvalue weighted by Gasteiger charge is 2.64. The smallest absolute Gasteiger partial charge is 0.178 e. The number of ketones is 3. The number of benzene rings is 2. The molecule has 5 rings (SSSR count). The van der Waals surface area contributed by atoms with Gasteiger partial charge in [0.1, 0.15) is 16.9 Å². The number of nitrogens with one attached hydrogen (secondary N) is 1. The molecule has 3 aromatic rings. The fourth-order valence-corrected chi connectivity index (χ4v) is 5.06. The van der Waals surface area contributed by atoms with Crippen molar-refractivity contribution in [3.8, 4) is 5.75 Å². The van der Waals surface area contributed by atoms with E-state index < -0.39 is 17.3 Å². The zero-order valence-electron chi connectivity index (χ0n) is 15.5. The molecule has 144 valence electrons. The molecular weight excluding hydrogens is 368 g/mol. The van der Waals surface area contributed by atoms with Gasteiger partial charge in [0.2, 0.25) is 0 Å². The summed E-state index contributed by atoms with van der Waals surface area (Å²) in [6.45, 7) is 0. The summed E-state index contributed by atoms with van der Waals surface area (Å²) in [4.78, 5) is 47.5. The maximum Gasteiger partial charge on any atom is 0.178 e. The van der Waals surface area contributed by atoms with Crippen LogP contribution in [0.4, 0.5) is 0 Å². The van der Waals surface area contributed by atoms with Gasteiger partial charge in [-0.15, -0.1) is 0 Å². The third-order valence-electron chi connectivity index (χ3n) is 6.32. The second-order valence-electron chi connectivity index (χ2n) is 7.72. The van der Waals surface area contributed by atoms with Gasteiger partial charge in [0.05, 0.1) is 6.33 Å². The molecular formula is C23H18N2O4. The van der Waals surface area contributed by atoms with Gasteiger partial charge in [-0.2, -0.15) is 0 Å². The van der Waals surface area contributed by atoms with Crippen LogP contribution in [0.2, 0.25) is 0 Å². The normalized spacial score (nSPS) is 22.8. The fraction of sp³-hybridized carbons (Fsp3) is 0.217. The maximum atomic E-state index is 13.8. The fourth-order valence-electron chi connectivity index (χ4n) is 5.06. The number of Topliss-reactive ketones (excluding diaryl/α,β-unsaturated/α-hetero) is 3. The van der Waals surface area contributed by atoms with E-state index in [1.54, 1.807) is 42.6 Å². The number of phenolic OH excluding ortho intramolecular Hbond substituents is 1. The molecule has 0 aliphatic heterocycles. The molecule has 0 amide bonds. The van der Waals surface area contributed by atoms with Crippen LogP contribution in [0.5, 0.6) is 5.75 Å². The highest BCUT2D eigenvalue weighted by Crippen LogP contribution is 2.59. The van der Waals surface area contributed by atoms with Crippen molar-refractivity contribution in [1.82, 2.24) is 9.97 Å². The van der Waals surface area contributed by atoms with Crippen LogP contribution < -0.4 is 0 Å². The molecule has 1 fully saturated rings. The molecule has 1 aromatic heterocycles. The molecule has 6 heteroatoms. The number of aromatic hydroxyl groups is 1. The molecule has 0 saturated heterocycles. The average Bonchev–Trinajstić information content (AvgIpc) is 3.33. The zero-order valence-corrected chi connectivity index (χ0v) is 15.5. The van der Waals surface area contributed by atoms with Gasteiger partial charge in [0.25, 0.3) is 0 Å². The van der Waals surface area contributed by atoms with Gasteiger partial charge < -0.3 is 10.1 Å². The summed E-state index contributed by atoms with van der Waals surface area (Å²) >= 11 is 0. The van der Waals surface area contributed by atoms with E-state index in [0.29, 0.717) is 22.4 Å². The Morgan fingerprint density at radius 3 is 2.10 bits per heavy atom. The summed E-state index contributed by atoms with van der Waals surface area (Å²) in [6.07, 6.45) is 3.28. The van der Waals surface area contributed by atoms with Crippen molar-refractivity contribution < 1.29 is 19.5 Å². The van der Waals surface area contributed by atoms with Crippen molar-refractivity contribution in [3.05, 3.63) is 83.4 Å². The Hall–Kier alpha value is -3.54. The monoisotopic (exact) mass is 386 g/mol. The van der Waals surface area contributed by atoms with Crippen LogP contribution in [0, 0.1) is 5.41 Å². The Balaban J connectivity index is 1.78. The molecule has 29 heavy (non-hydrogen) atoms. The Kier molecular flexibility index (Phi) is 3.77. The maximum absolute atomic E-state index is 13.8. The van der Waals surface area contributed by atoms with E-state index in [1.807, 2.05) is 0 Å². The number of carbonyl (C=O) groups excluding carboxylic acids is 3. The van der Waals surface area contributed by atoms with Crippen LogP contribution in [0.3, 0.4) is 0 Å². The number of rotatable bonds is 2. The average molecular weight is 386 g/mol. The second-order valence-corrected chi connectivity index (χ2v) is 7.72. The van der Waals surface area contributed by atoms with Gasteiger partial charge >= 0.3 is 0 Å². The number of carbonyl (C=O) groups is 3.